The van der Waals surface area contributed by atoms with Gasteiger partial charge in [0.05, 0.1) is 4.92 Å². The number of nitro benzene ring substituents is 1. The van der Waals surface area contributed by atoms with Crippen molar-refractivity contribution in [3.63, 3.8) is 0 Å². The first-order valence-corrected chi connectivity index (χ1v) is 7.11. The SMILES string of the molecule is CCNCC1CCN(c2ccc([N+](=O)[O-])c(N)c2)CC1. The van der Waals surface area contributed by atoms with Crippen LogP contribution in [0.4, 0.5) is 17.1 Å². The lowest BCUT2D eigenvalue weighted by molar-refractivity contribution is -0.383. The molecule has 0 saturated carbocycles. The third-order valence-electron chi connectivity index (χ3n) is 3.87. The highest BCUT2D eigenvalue weighted by atomic mass is 16.6. The molecule has 0 amide bonds. The van der Waals surface area contributed by atoms with Crippen molar-refractivity contribution in [3.05, 3.63) is 28.3 Å². The van der Waals surface area contributed by atoms with Gasteiger partial charge < -0.3 is 16.0 Å². The molecule has 6 nitrogen and oxygen atoms in total. The predicted molar refractivity (Wildman–Crippen MR) is 81.0 cm³/mol. The zero-order valence-electron chi connectivity index (χ0n) is 11.8. The van der Waals surface area contributed by atoms with Crippen LogP contribution in [0.2, 0.25) is 0 Å². The van der Waals surface area contributed by atoms with Gasteiger partial charge in [-0.15, -0.1) is 0 Å². The summed E-state index contributed by atoms with van der Waals surface area (Å²) in [5, 5.41) is 14.1. The molecule has 1 aromatic carbocycles. The topological polar surface area (TPSA) is 84.4 Å². The van der Waals surface area contributed by atoms with Gasteiger partial charge in [0.1, 0.15) is 5.69 Å². The maximum absolute atomic E-state index is 10.8. The van der Waals surface area contributed by atoms with Crippen molar-refractivity contribution in [2.24, 2.45) is 5.92 Å². The zero-order chi connectivity index (χ0) is 14.5. The van der Waals surface area contributed by atoms with Crippen LogP contribution in [0.25, 0.3) is 0 Å². The largest absolute Gasteiger partial charge is 0.393 e. The van der Waals surface area contributed by atoms with Crippen LogP contribution in [-0.2, 0) is 0 Å². The van der Waals surface area contributed by atoms with E-state index in [4.69, 9.17) is 5.73 Å². The summed E-state index contributed by atoms with van der Waals surface area (Å²) in [7, 11) is 0. The number of nitrogens with one attached hydrogen (secondary N) is 1. The van der Waals surface area contributed by atoms with Gasteiger partial charge in [-0.25, -0.2) is 0 Å². The maximum Gasteiger partial charge on any atom is 0.292 e. The third kappa shape index (κ3) is 3.39. The molecule has 0 bridgehead atoms. The summed E-state index contributed by atoms with van der Waals surface area (Å²) in [6.45, 7) is 6.17. The van der Waals surface area contributed by atoms with Crippen molar-refractivity contribution in [3.8, 4) is 0 Å². The van der Waals surface area contributed by atoms with Crippen LogP contribution in [0.3, 0.4) is 0 Å². The first kappa shape index (κ1) is 14.6. The molecular weight excluding hydrogens is 256 g/mol. The normalized spacial score (nSPS) is 16.4. The summed E-state index contributed by atoms with van der Waals surface area (Å²) in [6, 6.07) is 5.00. The Bertz CT molecular complexity index is 470. The highest BCUT2D eigenvalue weighted by Crippen LogP contribution is 2.29. The van der Waals surface area contributed by atoms with Crippen LogP contribution in [0.1, 0.15) is 19.8 Å². The predicted octanol–water partition coefficient (Wildman–Crippen LogP) is 2.00. The molecule has 6 heteroatoms. The number of benzene rings is 1. The Morgan fingerprint density at radius 3 is 2.70 bits per heavy atom. The molecule has 110 valence electrons. The second kappa shape index (κ2) is 6.56. The Kier molecular flexibility index (Phi) is 4.79. The Morgan fingerprint density at radius 1 is 1.45 bits per heavy atom. The summed E-state index contributed by atoms with van der Waals surface area (Å²) in [6.07, 6.45) is 2.29. The number of piperidine rings is 1. The van der Waals surface area contributed by atoms with E-state index in [1.165, 1.54) is 6.07 Å². The summed E-state index contributed by atoms with van der Waals surface area (Å²) in [5.74, 6) is 0.724. The molecular formula is C14H22N4O2. The summed E-state index contributed by atoms with van der Waals surface area (Å²) in [4.78, 5) is 12.6. The molecule has 1 heterocycles. The van der Waals surface area contributed by atoms with Gasteiger partial charge in [0.25, 0.3) is 5.69 Å². The van der Waals surface area contributed by atoms with Gasteiger partial charge in [0, 0.05) is 24.8 Å². The van der Waals surface area contributed by atoms with E-state index in [-0.39, 0.29) is 11.4 Å². The van der Waals surface area contributed by atoms with E-state index in [0.29, 0.717) is 0 Å². The molecule has 1 saturated heterocycles. The summed E-state index contributed by atoms with van der Waals surface area (Å²) in [5.41, 5.74) is 6.95. The van der Waals surface area contributed by atoms with Crippen molar-refractivity contribution < 1.29 is 4.92 Å². The van der Waals surface area contributed by atoms with E-state index < -0.39 is 4.92 Å². The minimum absolute atomic E-state index is 0.0178. The minimum atomic E-state index is -0.443. The van der Waals surface area contributed by atoms with Crippen LogP contribution in [0.15, 0.2) is 18.2 Å². The third-order valence-corrected chi connectivity index (χ3v) is 3.87. The zero-order valence-corrected chi connectivity index (χ0v) is 11.8. The van der Waals surface area contributed by atoms with Crippen LogP contribution < -0.4 is 16.0 Å². The molecule has 20 heavy (non-hydrogen) atoms. The van der Waals surface area contributed by atoms with Crippen molar-refractivity contribution in [2.75, 3.05) is 36.8 Å². The van der Waals surface area contributed by atoms with Crippen LogP contribution >= 0.6 is 0 Å². The van der Waals surface area contributed by atoms with E-state index in [9.17, 15) is 10.1 Å². The molecule has 2 rings (SSSR count). The molecule has 0 unspecified atom stereocenters. The van der Waals surface area contributed by atoms with Crippen molar-refractivity contribution >= 4 is 17.1 Å². The quantitative estimate of drug-likeness (QED) is 0.489. The lowest BCUT2D eigenvalue weighted by Gasteiger charge is -2.33. The average Bonchev–Trinajstić information content (AvgIpc) is 2.45. The van der Waals surface area contributed by atoms with Gasteiger partial charge >= 0.3 is 0 Å². The molecule has 1 aliphatic rings. The van der Waals surface area contributed by atoms with Gasteiger partial charge in [-0.2, -0.15) is 0 Å². The van der Waals surface area contributed by atoms with Gasteiger partial charge in [0.2, 0.25) is 0 Å². The van der Waals surface area contributed by atoms with Gasteiger partial charge in [-0.1, -0.05) is 6.92 Å². The number of hydrogen-bond donors (Lipinski definition) is 2. The first-order valence-electron chi connectivity index (χ1n) is 7.11. The number of nitrogens with zero attached hydrogens (tertiary/aromatic N) is 2. The number of nitrogen functional groups attached to an aromatic ring is 1. The Hall–Kier alpha value is -1.82. The fraction of sp³-hybridized carbons (Fsp3) is 0.571. The number of hydrogen-bond acceptors (Lipinski definition) is 5. The van der Waals surface area contributed by atoms with Crippen molar-refractivity contribution in [1.29, 1.82) is 0 Å². The molecule has 1 aliphatic heterocycles. The van der Waals surface area contributed by atoms with Crippen LogP contribution in [-0.4, -0.2) is 31.1 Å². The number of anilines is 2. The van der Waals surface area contributed by atoms with Gasteiger partial charge in [0.15, 0.2) is 0 Å². The van der Waals surface area contributed by atoms with E-state index in [1.807, 2.05) is 0 Å². The summed E-state index contributed by atoms with van der Waals surface area (Å²) >= 11 is 0. The molecule has 0 atom stereocenters. The molecule has 0 spiro atoms. The molecule has 3 N–H and O–H groups in total. The van der Waals surface area contributed by atoms with Crippen LogP contribution in [0, 0.1) is 16.0 Å². The first-order chi connectivity index (χ1) is 9.61. The smallest absolute Gasteiger partial charge is 0.292 e. The molecule has 0 radical (unpaired) electrons. The van der Waals surface area contributed by atoms with E-state index in [0.717, 1.165) is 50.6 Å². The summed E-state index contributed by atoms with van der Waals surface area (Å²) < 4.78 is 0. The Morgan fingerprint density at radius 2 is 2.15 bits per heavy atom. The fourth-order valence-corrected chi connectivity index (χ4v) is 2.65. The Labute approximate surface area is 119 Å². The number of nitrogens with two attached hydrogens (primary N) is 1. The number of nitro groups is 1. The van der Waals surface area contributed by atoms with Crippen molar-refractivity contribution in [1.82, 2.24) is 5.32 Å². The Balaban J connectivity index is 1.97. The maximum atomic E-state index is 10.8. The highest BCUT2D eigenvalue weighted by molar-refractivity contribution is 5.66. The van der Waals surface area contributed by atoms with Gasteiger partial charge in [-0.3, -0.25) is 10.1 Å². The average molecular weight is 278 g/mol. The molecule has 0 aliphatic carbocycles. The van der Waals surface area contributed by atoms with Gasteiger partial charge in [-0.05, 0) is 44.0 Å². The minimum Gasteiger partial charge on any atom is -0.393 e. The second-order valence-electron chi connectivity index (χ2n) is 5.24. The fourth-order valence-electron chi connectivity index (χ4n) is 2.65. The molecule has 0 aromatic heterocycles. The monoisotopic (exact) mass is 278 g/mol. The lowest BCUT2D eigenvalue weighted by Crippen LogP contribution is -2.37. The van der Waals surface area contributed by atoms with Crippen molar-refractivity contribution in [2.45, 2.75) is 19.8 Å². The molecule has 1 aromatic rings. The highest BCUT2D eigenvalue weighted by Gasteiger charge is 2.20. The standard InChI is InChI=1S/C14H22N4O2/c1-2-16-10-11-5-7-17(8-6-11)12-3-4-14(18(19)20)13(15)9-12/h3-4,9,11,16H,2,5-8,10,15H2,1H3. The molecule has 1 fully saturated rings. The van der Waals surface area contributed by atoms with E-state index in [1.54, 1.807) is 12.1 Å². The van der Waals surface area contributed by atoms with Crippen LogP contribution in [0.5, 0.6) is 0 Å². The number of rotatable bonds is 5. The lowest BCUT2D eigenvalue weighted by atomic mass is 9.96. The second-order valence-corrected chi connectivity index (χ2v) is 5.24. The van der Waals surface area contributed by atoms with E-state index in [2.05, 4.69) is 17.1 Å². The van der Waals surface area contributed by atoms with E-state index >= 15 is 0 Å².